The number of anilines is 1. The molecule has 0 saturated carbocycles. The molecule has 2 rings (SSSR count). The van der Waals surface area contributed by atoms with Crippen LogP contribution in [-0.2, 0) is 6.54 Å². The number of piperidine rings is 1. The maximum absolute atomic E-state index is 12.3. The van der Waals surface area contributed by atoms with E-state index in [1.54, 1.807) is 6.20 Å². The van der Waals surface area contributed by atoms with Crippen molar-refractivity contribution in [1.82, 2.24) is 15.1 Å². The van der Waals surface area contributed by atoms with Gasteiger partial charge in [-0.2, -0.15) is 5.10 Å². The number of hydrogen-bond acceptors (Lipinski definition) is 4. The van der Waals surface area contributed by atoms with Gasteiger partial charge in [0.2, 0.25) is 0 Å². The van der Waals surface area contributed by atoms with E-state index in [0.717, 1.165) is 38.2 Å². The molecule has 0 amide bonds. The van der Waals surface area contributed by atoms with E-state index < -0.39 is 0 Å². The van der Waals surface area contributed by atoms with E-state index in [0.29, 0.717) is 16.9 Å². The van der Waals surface area contributed by atoms with Crippen LogP contribution < -0.4 is 16.2 Å². The Morgan fingerprint density at radius 3 is 2.76 bits per heavy atom. The summed E-state index contributed by atoms with van der Waals surface area (Å²) in [6, 6.07) is 0. The minimum atomic E-state index is -0.0656. The summed E-state index contributed by atoms with van der Waals surface area (Å²) in [6.07, 6.45) is 4.04. The van der Waals surface area contributed by atoms with Crippen molar-refractivity contribution in [3.63, 3.8) is 0 Å². The lowest BCUT2D eigenvalue weighted by Gasteiger charge is -2.34. The van der Waals surface area contributed by atoms with Crippen LogP contribution in [0, 0.1) is 11.3 Å². The predicted molar refractivity (Wildman–Crippen MR) is 89.7 cm³/mol. The van der Waals surface area contributed by atoms with Crippen molar-refractivity contribution in [2.45, 2.75) is 40.2 Å². The van der Waals surface area contributed by atoms with Gasteiger partial charge in [-0.1, -0.05) is 20.8 Å². The summed E-state index contributed by atoms with van der Waals surface area (Å²) in [4.78, 5) is 12.3. The van der Waals surface area contributed by atoms with E-state index in [2.05, 4.69) is 52.4 Å². The fourth-order valence-corrected chi connectivity index (χ4v) is 3.03. The van der Waals surface area contributed by atoms with Crippen molar-refractivity contribution in [3.05, 3.63) is 21.0 Å². The molecule has 0 atom stereocenters. The molecule has 0 spiro atoms. The largest absolute Gasteiger partial charge is 0.382 e. The lowest BCUT2D eigenvalue weighted by molar-refractivity contribution is 0.247. The van der Waals surface area contributed by atoms with Crippen LogP contribution >= 0.6 is 15.9 Å². The molecule has 0 unspecified atom stereocenters. The van der Waals surface area contributed by atoms with Crippen molar-refractivity contribution in [2.75, 3.05) is 25.0 Å². The van der Waals surface area contributed by atoms with Gasteiger partial charge in [0.1, 0.15) is 4.47 Å². The molecule has 1 aliphatic heterocycles. The predicted octanol–water partition coefficient (Wildman–Crippen LogP) is 2.46. The van der Waals surface area contributed by atoms with Crippen LogP contribution in [-0.4, -0.2) is 29.4 Å². The average molecular weight is 357 g/mol. The first-order chi connectivity index (χ1) is 9.91. The summed E-state index contributed by atoms with van der Waals surface area (Å²) in [5.41, 5.74) is 1.00. The van der Waals surface area contributed by atoms with Crippen LogP contribution in [0.5, 0.6) is 0 Å². The third-order valence-corrected chi connectivity index (χ3v) is 4.81. The van der Waals surface area contributed by atoms with Crippen LogP contribution in [0.1, 0.15) is 33.6 Å². The summed E-state index contributed by atoms with van der Waals surface area (Å²) < 4.78 is 2.10. The van der Waals surface area contributed by atoms with Gasteiger partial charge in [0.05, 0.1) is 11.9 Å². The van der Waals surface area contributed by atoms with Crippen molar-refractivity contribution in [2.24, 2.45) is 11.3 Å². The van der Waals surface area contributed by atoms with Crippen LogP contribution in [0.15, 0.2) is 15.5 Å². The number of nitrogens with one attached hydrogen (secondary N) is 2. The highest BCUT2D eigenvalue weighted by Crippen LogP contribution is 2.29. The molecule has 2 N–H and O–H groups in total. The fourth-order valence-electron chi connectivity index (χ4n) is 2.58. The van der Waals surface area contributed by atoms with Crippen molar-refractivity contribution >= 4 is 21.6 Å². The van der Waals surface area contributed by atoms with Gasteiger partial charge in [-0.25, -0.2) is 4.68 Å². The zero-order chi connectivity index (χ0) is 15.5. The maximum atomic E-state index is 12.3. The Labute approximate surface area is 134 Å². The molecule has 0 bridgehead atoms. The number of aromatic nitrogens is 2. The smallest absolute Gasteiger partial charge is 0.283 e. The Bertz CT molecular complexity index is 535. The average Bonchev–Trinajstić information content (AvgIpc) is 2.43. The standard InChI is InChI=1S/C15H25BrN4O/c1-11(2)9-20-14(21)13(16)12(8-19-20)18-10-15(3)4-6-17-7-5-15/h8,11,17-18H,4-7,9-10H2,1-3H3. The highest BCUT2D eigenvalue weighted by Gasteiger charge is 2.26. The molecule has 1 saturated heterocycles. The third-order valence-electron chi connectivity index (χ3n) is 4.04. The Morgan fingerprint density at radius 1 is 1.48 bits per heavy atom. The summed E-state index contributed by atoms with van der Waals surface area (Å²) >= 11 is 3.42. The van der Waals surface area contributed by atoms with E-state index in [1.807, 2.05) is 0 Å². The zero-order valence-electron chi connectivity index (χ0n) is 13.1. The monoisotopic (exact) mass is 356 g/mol. The molecule has 1 aliphatic rings. The molecule has 21 heavy (non-hydrogen) atoms. The summed E-state index contributed by atoms with van der Waals surface area (Å²) in [5, 5.41) is 11.0. The SMILES string of the molecule is CC(C)Cn1ncc(NCC2(C)CCNCC2)c(Br)c1=O. The van der Waals surface area contributed by atoms with Gasteiger partial charge in [0.15, 0.2) is 0 Å². The van der Waals surface area contributed by atoms with E-state index >= 15 is 0 Å². The van der Waals surface area contributed by atoms with Crippen molar-refractivity contribution in [1.29, 1.82) is 0 Å². The molecular formula is C15H25BrN4O. The molecule has 1 aromatic heterocycles. The minimum Gasteiger partial charge on any atom is -0.382 e. The zero-order valence-corrected chi connectivity index (χ0v) is 14.7. The van der Waals surface area contributed by atoms with Gasteiger partial charge >= 0.3 is 0 Å². The highest BCUT2D eigenvalue weighted by atomic mass is 79.9. The van der Waals surface area contributed by atoms with Crippen LogP contribution in [0.4, 0.5) is 5.69 Å². The molecule has 5 nitrogen and oxygen atoms in total. The minimum absolute atomic E-state index is 0.0656. The second-order valence-corrected chi connectivity index (χ2v) is 7.46. The van der Waals surface area contributed by atoms with E-state index in [-0.39, 0.29) is 11.0 Å². The van der Waals surface area contributed by atoms with Crippen LogP contribution in [0.25, 0.3) is 0 Å². The van der Waals surface area contributed by atoms with Crippen molar-refractivity contribution in [3.8, 4) is 0 Å². The van der Waals surface area contributed by atoms with E-state index in [4.69, 9.17) is 0 Å². The fraction of sp³-hybridized carbons (Fsp3) is 0.733. The Hall–Kier alpha value is -0.880. The maximum Gasteiger partial charge on any atom is 0.283 e. The molecule has 0 aromatic carbocycles. The van der Waals surface area contributed by atoms with Gasteiger partial charge in [-0.3, -0.25) is 4.79 Å². The van der Waals surface area contributed by atoms with Crippen molar-refractivity contribution < 1.29 is 0 Å². The quantitative estimate of drug-likeness (QED) is 0.850. The molecular weight excluding hydrogens is 332 g/mol. The second-order valence-electron chi connectivity index (χ2n) is 6.67. The number of hydrogen-bond donors (Lipinski definition) is 2. The van der Waals surface area contributed by atoms with E-state index in [9.17, 15) is 4.79 Å². The molecule has 6 heteroatoms. The normalized spacial score (nSPS) is 18.0. The molecule has 0 radical (unpaired) electrons. The van der Waals surface area contributed by atoms with Gasteiger partial charge in [-0.05, 0) is 53.2 Å². The summed E-state index contributed by atoms with van der Waals surface area (Å²) in [5.74, 6) is 0.398. The highest BCUT2D eigenvalue weighted by molar-refractivity contribution is 9.10. The van der Waals surface area contributed by atoms with E-state index in [1.165, 1.54) is 4.68 Å². The molecule has 1 fully saturated rings. The van der Waals surface area contributed by atoms with Gasteiger partial charge in [0, 0.05) is 13.1 Å². The van der Waals surface area contributed by atoms with Crippen LogP contribution in [0.2, 0.25) is 0 Å². The molecule has 0 aliphatic carbocycles. The van der Waals surface area contributed by atoms with Gasteiger partial charge in [0.25, 0.3) is 5.56 Å². The van der Waals surface area contributed by atoms with Crippen LogP contribution in [0.3, 0.4) is 0 Å². The van der Waals surface area contributed by atoms with Gasteiger partial charge in [-0.15, -0.1) is 0 Å². The lowest BCUT2D eigenvalue weighted by atomic mass is 9.81. The molecule has 2 heterocycles. The second kappa shape index (κ2) is 6.92. The summed E-state index contributed by atoms with van der Waals surface area (Å²) in [6.45, 7) is 10.1. The summed E-state index contributed by atoms with van der Waals surface area (Å²) in [7, 11) is 0. The Kier molecular flexibility index (Phi) is 5.43. The van der Waals surface area contributed by atoms with Gasteiger partial charge < -0.3 is 10.6 Å². The lowest BCUT2D eigenvalue weighted by Crippen LogP contribution is -2.39. The Balaban J connectivity index is 2.07. The topological polar surface area (TPSA) is 59.0 Å². The first kappa shape index (κ1) is 16.5. The molecule has 118 valence electrons. The number of halogens is 1. The number of rotatable bonds is 5. The first-order valence-electron chi connectivity index (χ1n) is 7.61. The Morgan fingerprint density at radius 2 is 2.14 bits per heavy atom. The molecule has 1 aromatic rings. The first-order valence-corrected chi connectivity index (χ1v) is 8.41. The third kappa shape index (κ3) is 4.30. The number of nitrogens with zero attached hydrogens (tertiary/aromatic N) is 2.